The molecule has 0 spiro atoms. The van der Waals surface area contributed by atoms with Crippen molar-refractivity contribution in [1.82, 2.24) is 0 Å². The molecule has 0 radical (unpaired) electrons. The molecule has 2 heteroatoms. The van der Waals surface area contributed by atoms with Crippen molar-refractivity contribution in [2.45, 2.75) is 6.92 Å². The summed E-state index contributed by atoms with van der Waals surface area (Å²) in [5, 5.41) is 2.43. The molecule has 0 saturated heterocycles. The molecule has 0 atom stereocenters. The van der Waals surface area contributed by atoms with Crippen molar-refractivity contribution in [3.05, 3.63) is 59.3 Å². The number of fused-ring (bicyclic) bond motifs is 1. The zero-order chi connectivity index (χ0) is 13.0. The third-order valence-electron chi connectivity index (χ3n) is 2.74. The molecule has 2 aromatic rings. The van der Waals surface area contributed by atoms with Gasteiger partial charge in [0, 0.05) is 0 Å². The van der Waals surface area contributed by atoms with Gasteiger partial charge in [-0.1, -0.05) is 30.3 Å². The molecule has 90 valence electrons. The van der Waals surface area contributed by atoms with Gasteiger partial charge < -0.3 is 4.74 Å². The van der Waals surface area contributed by atoms with Crippen LogP contribution in [-0.4, -0.2) is 13.1 Å². The van der Waals surface area contributed by atoms with Crippen LogP contribution < -0.4 is 0 Å². The van der Waals surface area contributed by atoms with E-state index < -0.39 is 5.97 Å². The molecule has 0 aromatic heterocycles. The number of ether oxygens (including phenoxy) is 1. The van der Waals surface area contributed by atoms with Gasteiger partial charge in [-0.3, -0.25) is 0 Å². The van der Waals surface area contributed by atoms with E-state index in [1.165, 1.54) is 29.5 Å². The van der Waals surface area contributed by atoms with Crippen LogP contribution in [0.3, 0.4) is 0 Å². The van der Waals surface area contributed by atoms with Crippen molar-refractivity contribution < 1.29 is 9.53 Å². The first-order valence-corrected chi connectivity index (χ1v) is 5.70. The maximum absolute atomic E-state index is 10.9. The van der Waals surface area contributed by atoms with E-state index in [9.17, 15) is 4.79 Å². The summed E-state index contributed by atoms with van der Waals surface area (Å²) in [5.41, 5.74) is 5.05. The van der Waals surface area contributed by atoms with E-state index >= 15 is 0 Å². The van der Waals surface area contributed by atoms with E-state index in [0.717, 1.165) is 5.56 Å². The van der Waals surface area contributed by atoms with Crippen molar-refractivity contribution in [2.75, 3.05) is 7.11 Å². The molecular weight excluding hydrogens is 224 g/mol. The molecule has 2 aromatic carbocycles. The molecule has 2 rings (SSSR count). The summed E-state index contributed by atoms with van der Waals surface area (Å²) in [4.78, 5) is 10.9. The van der Waals surface area contributed by atoms with Crippen LogP contribution in [0.15, 0.2) is 48.2 Å². The lowest BCUT2D eigenvalue weighted by atomic mass is 10.0. The number of hydrogen-bond acceptors (Lipinski definition) is 2. The zero-order valence-electron chi connectivity index (χ0n) is 10.4. The monoisotopic (exact) mass is 238 g/mol. The van der Waals surface area contributed by atoms with E-state index in [4.69, 9.17) is 0 Å². The highest BCUT2D eigenvalue weighted by Gasteiger charge is 1.97. The average Bonchev–Trinajstić information content (AvgIpc) is 2.38. The minimum Gasteiger partial charge on any atom is -0.465 e. The Kier molecular flexibility index (Phi) is 3.61. The van der Waals surface area contributed by atoms with Gasteiger partial charge in [0.2, 0.25) is 0 Å². The molecular formula is C16H14O2. The molecule has 18 heavy (non-hydrogen) atoms. The summed E-state index contributed by atoms with van der Waals surface area (Å²) in [6, 6.07) is 12.4. The van der Waals surface area contributed by atoms with Gasteiger partial charge in [0.1, 0.15) is 0 Å². The molecule has 0 aliphatic rings. The summed E-state index contributed by atoms with van der Waals surface area (Å²) in [5.74, 6) is -0.399. The third-order valence-corrected chi connectivity index (χ3v) is 2.74. The maximum Gasteiger partial charge on any atom is 0.338 e. The Bertz CT molecular complexity index is 647. The second kappa shape index (κ2) is 5.35. The van der Waals surface area contributed by atoms with Crippen molar-refractivity contribution in [3.63, 3.8) is 0 Å². The fourth-order valence-electron chi connectivity index (χ4n) is 1.88. The molecule has 0 saturated carbocycles. The van der Waals surface area contributed by atoms with Crippen LogP contribution in [0.4, 0.5) is 0 Å². The first-order chi connectivity index (χ1) is 8.70. The number of aryl methyl sites for hydroxylation is 1. The van der Waals surface area contributed by atoms with Crippen LogP contribution in [0.5, 0.6) is 0 Å². The summed E-state index contributed by atoms with van der Waals surface area (Å²) >= 11 is 0. The third kappa shape index (κ3) is 2.68. The first-order valence-electron chi connectivity index (χ1n) is 5.70. The highest BCUT2D eigenvalue weighted by atomic mass is 16.5. The number of rotatable bonds is 2. The lowest BCUT2D eigenvalue weighted by Gasteiger charge is -2.03. The van der Waals surface area contributed by atoms with Crippen molar-refractivity contribution >= 4 is 22.8 Å². The molecule has 0 unspecified atom stereocenters. The van der Waals surface area contributed by atoms with Crippen LogP contribution in [0, 0.1) is 6.92 Å². The molecule has 0 bridgehead atoms. The Balaban J connectivity index is 2.41. The van der Waals surface area contributed by atoms with Crippen LogP contribution in [0.1, 0.15) is 11.1 Å². The van der Waals surface area contributed by atoms with Gasteiger partial charge in [0.05, 0.1) is 13.2 Å². The minimum absolute atomic E-state index is 0.399. The fraction of sp³-hybridized carbons (Fsp3) is 0.125. The summed E-state index contributed by atoms with van der Waals surface area (Å²) < 4.78 is 4.51. The normalized spacial score (nSPS) is 9.67. The summed E-state index contributed by atoms with van der Waals surface area (Å²) in [7, 11) is 1.35. The van der Waals surface area contributed by atoms with E-state index in [1.807, 2.05) is 12.1 Å². The predicted molar refractivity (Wildman–Crippen MR) is 73.2 cm³/mol. The number of esters is 1. The predicted octanol–water partition coefficient (Wildman–Crippen LogP) is 3.49. The molecule has 0 aliphatic carbocycles. The summed E-state index contributed by atoms with van der Waals surface area (Å²) in [6.07, 6.45) is 3.06. The number of carbonyl (C=O) groups excluding carboxylic acids is 1. The number of carbonyl (C=O) groups is 1. The highest BCUT2D eigenvalue weighted by Crippen LogP contribution is 2.20. The summed E-state index contributed by atoms with van der Waals surface area (Å²) in [6.45, 7) is 2.07. The Morgan fingerprint density at radius 3 is 2.83 bits per heavy atom. The van der Waals surface area contributed by atoms with Crippen LogP contribution in [0.2, 0.25) is 0 Å². The van der Waals surface area contributed by atoms with Gasteiger partial charge in [-0.25, -0.2) is 4.79 Å². The van der Waals surface area contributed by atoms with Crippen molar-refractivity contribution in [1.29, 1.82) is 0 Å². The van der Waals surface area contributed by atoms with Crippen LogP contribution >= 0.6 is 0 Å². The standard InChI is InChI=1S/C16H14O2/c1-12-10-13(6-5-9-16(17)18-2)11-14-7-3-4-8-15(12)14/h3-4,6-11H,1-2H3. The van der Waals surface area contributed by atoms with Gasteiger partial charge in [-0.15, -0.1) is 5.73 Å². The average molecular weight is 238 g/mol. The second-order valence-corrected chi connectivity index (χ2v) is 4.04. The van der Waals surface area contributed by atoms with Crippen LogP contribution in [-0.2, 0) is 9.53 Å². The van der Waals surface area contributed by atoms with Gasteiger partial charge in [-0.2, -0.15) is 0 Å². The Hall–Kier alpha value is -2.31. The van der Waals surface area contributed by atoms with Gasteiger partial charge >= 0.3 is 5.97 Å². The molecule has 2 nitrogen and oxygen atoms in total. The second-order valence-electron chi connectivity index (χ2n) is 4.04. The molecule has 0 fully saturated rings. The Morgan fingerprint density at radius 1 is 1.28 bits per heavy atom. The first kappa shape index (κ1) is 12.2. The quantitative estimate of drug-likeness (QED) is 0.455. The SMILES string of the molecule is COC(=O)C=C=Cc1cc(C)c2ccccc2c1. The van der Waals surface area contributed by atoms with Crippen LogP contribution in [0.25, 0.3) is 16.8 Å². The smallest absolute Gasteiger partial charge is 0.338 e. The van der Waals surface area contributed by atoms with E-state index in [1.54, 1.807) is 6.08 Å². The van der Waals surface area contributed by atoms with Gasteiger partial charge in [0.15, 0.2) is 0 Å². The Morgan fingerprint density at radius 2 is 2.06 bits per heavy atom. The van der Waals surface area contributed by atoms with E-state index in [2.05, 4.69) is 41.7 Å². The van der Waals surface area contributed by atoms with Gasteiger partial charge in [-0.05, 0) is 41.0 Å². The minimum atomic E-state index is -0.399. The highest BCUT2D eigenvalue weighted by molar-refractivity contribution is 5.88. The number of benzene rings is 2. The van der Waals surface area contributed by atoms with Crippen molar-refractivity contribution in [3.8, 4) is 0 Å². The molecule has 0 amide bonds. The van der Waals surface area contributed by atoms with E-state index in [-0.39, 0.29) is 0 Å². The number of hydrogen-bond donors (Lipinski definition) is 0. The van der Waals surface area contributed by atoms with E-state index in [0.29, 0.717) is 0 Å². The lowest BCUT2D eigenvalue weighted by molar-refractivity contribution is -0.134. The molecule has 0 aliphatic heterocycles. The van der Waals surface area contributed by atoms with Gasteiger partial charge in [0.25, 0.3) is 0 Å². The largest absolute Gasteiger partial charge is 0.465 e. The zero-order valence-corrected chi connectivity index (χ0v) is 10.4. The maximum atomic E-state index is 10.9. The fourth-order valence-corrected chi connectivity index (χ4v) is 1.88. The molecule has 0 N–H and O–H groups in total. The lowest BCUT2D eigenvalue weighted by Crippen LogP contribution is -1.92. The topological polar surface area (TPSA) is 26.3 Å². The van der Waals surface area contributed by atoms with Crippen molar-refractivity contribution in [2.24, 2.45) is 0 Å². The molecule has 0 heterocycles. The number of methoxy groups -OCH3 is 1. The Labute approximate surface area is 106 Å².